The average Bonchev–Trinajstić information content (AvgIpc) is 2.35. The lowest BCUT2D eigenvalue weighted by Gasteiger charge is -2.16. The molecule has 92 valence electrons. The van der Waals surface area contributed by atoms with Crippen molar-refractivity contribution in [3.05, 3.63) is 29.3 Å². The first kappa shape index (κ1) is 13.1. The van der Waals surface area contributed by atoms with Gasteiger partial charge in [0.1, 0.15) is 11.9 Å². The van der Waals surface area contributed by atoms with Gasteiger partial charge in [-0.15, -0.1) is 0 Å². The van der Waals surface area contributed by atoms with Gasteiger partial charge in [-0.3, -0.25) is 9.59 Å². The van der Waals surface area contributed by atoms with Crippen LogP contribution >= 0.6 is 0 Å². The normalized spacial score (nSPS) is 13.8. The number of methoxy groups -OCH3 is 1. The van der Waals surface area contributed by atoms with Crippen molar-refractivity contribution in [2.24, 2.45) is 5.73 Å². The highest BCUT2D eigenvalue weighted by Crippen LogP contribution is 2.24. The number of aldehydes is 1. The van der Waals surface area contributed by atoms with Crippen LogP contribution in [0.1, 0.15) is 22.0 Å². The van der Waals surface area contributed by atoms with Crippen LogP contribution in [-0.2, 0) is 4.79 Å². The number of aliphatic hydroxyl groups is 2. The van der Waals surface area contributed by atoms with Gasteiger partial charge in [0.2, 0.25) is 5.91 Å². The van der Waals surface area contributed by atoms with Gasteiger partial charge in [-0.05, 0) is 17.7 Å². The van der Waals surface area contributed by atoms with Crippen LogP contribution in [0.5, 0.6) is 5.75 Å². The highest BCUT2D eigenvalue weighted by atomic mass is 16.5. The quantitative estimate of drug-likeness (QED) is 0.593. The predicted octanol–water partition coefficient (Wildman–Crippen LogP) is -0.613. The number of amides is 1. The van der Waals surface area contributed by atoms with Gasteiger partial charge < -0.3 is 20.7 Å². The van der Waals surface area contributed by atoms with Crippen molar-refractivity contribution in [2.75, 3.05) is 7.11 Å². The second kappa shape index (κ2) is 5.42. The molecule has 2 unspecified atom stereocenters. The van der Waals surface area contributed by atoms with Crippen LogP contribution in [0.4, 0.5) is 0 Å². The molecule has 0 heterocycles. The third-order valence-electron chi connectivity index (χ3n) is 2.32. The highest BCUT2D eigenvalue weighted by Gasteiger charge is 2.24. The van der Waals surface area contributed by atoms with Crippen LogP contribution in [0.25, 0.3) is 0 Å². The Kier molecular flexibility index (Phi) is 4.19. The van der Waals surface area contributed by atoms with Crippen LogP contribution in [-0.4, -0.2) is 35.6 Å². The molecule has 0 aromatic heterocycles. The lowest BCUT2D eigenvalue weighted by molar-refractivity contribution is -0.131. The number of nitrogens with two attached hydrogens (primary N) is 1. The molecule has 1 aromatic carbocycles. The third kappa shape index (κ3) is 2.80. The maximum Gasteiger partial charge on any atom is 0.249 e. The Balaban J connectivity index is 3.07. The molecular formula is C11H13NO5. The monoisotopic (exact) mass is 239 g/mol. The zero-order valence-corrected chi connectivity index (χ0v) is 9.16. The summed E-state index contributed by atoms with van der Waals surface area (Å²) in [5.74, 6) is -0.788. The van der Waals surface area contributed by atoms with E-state index in [1.54, 1.807) is 0 Å². The second-order valence-electron chi connectivity index (χ2n) is 3.41. The lowest BCUT2D eigenvalue weighted by atomic mass is 10.0. The van der Waals surface area contributed by atoms with Gasteiger partial charge in [-0.1, -0.05) is 6.07 Å². The van der Waals surface area contributed by atoms with E-state index in [0.29, 0.717) is 11.8 Å². The third-order valence-corrected chi connectivity index (χ3v) is 2.32. The molecule has 1 rings (SSSR count). The van der Waals surface area contributed by atoms with Crippen LogP contribution in [0.3, 0.4) is 0 Å². The van der Waals surface area contributed by atoms with Gasteiger partial charge in [-0.2, -0.15) is 0 Å². The maximum atomic E-state index is 10.7. The maximum absolute atomic E-state index is 10.7. The Bertz CT molecular complexity index is 432. The molecule has 0 saturated carbocycles. The topological polar surface area (TPSA) is 110 Å². The van der Waals surface area contributed by atoms with E-state index in [2.05, 4.69) is 0 Å². The molecule has 1 aromatic rings. The highest BCUT2D eigenvalue weighted by molar-refractivity contribution is 5.81. The first-order valence-corrected chi connectivity index (χ1v) is 4.79. The first-order chi connectivity index (χ1) is 8.01. The summed E-state index contributed by atoms with van der Waals surface area (Å²) >= 11 is 0. The van der Waals surface area contributed by atoms with E-state index in [-0.39, 0.29) is 11.3 Å². The minimum atomic E-state index is -1.71. The number of primary amides is 1. The van der Waals surface area contributed by atoms with E-state index in [4.69, 9.17) is 10.5 Å². The summed E-state index contributed by atoms with van der Waals surface area (Å²) in [6.07, 6.45) is -2.57. The fourth-order valence-electron chi connectivity index (χ4n) is 1.35. The lowest BCUT2D eigenvalue weighted by Crippen LogP contribution is -2.33. The second-order valence-corrected chi connectivity index (χ2v) is 3.41. The van der Waals surface area contributed by atoms with Crippen LogP contribution in [0.15, 0.2) is 18.2 Å². The summed E-state index contributed by atoms with van der Waals surface area (Å²) in [7, 11) is 1.36. The summed E-state index contributed by atoms with van der Waals surface area (Å²) in [5, 5.41) is 19.0. The van der Waals surface area contributed by atoms with E-state index >= 15 is 0 Å². The molecule has 0 radical (unpaired) electrons. The molecule has 0 fully saturated rings. The molecule has 1 amide bonds. The van der Waals surface area contributed by atoms with Crippen molar-refractivity contribution in [3.63, 3.8) is 0 Å². The summed E-state index contributed by atoms with van der Waals surface area (Å²) < 4.78 is 4.93. The van der Waals surface area contributed by atoms with Gasteiger partial charge >= 0.3 is 0 Å². The number of rotatable bonds is 5. The number of carbonyl (C=O) groups excluding carboxylic acids is 2. The number of aliphatic hydroxyl groups excluding tert-OH is 2. The van der Waals surface area contributed by atoms with Gasteiger partial charge in [0, 0.05) is 0 Å². The molecular weight excluding hydrogens is 226 g/mol. The van der Waals surface area contributed by atoms with Gasteiger partial charge in [-0.25, -0.2) is 0 Å². The van der Waals surface area contributed by atoms with Crippen molar-refractivity contribution in [3.8, 4) is 5.75 Å². The molecule has 0 aliphatic carbocycles. The molecule has 17 heavy (non-hydrogen) atoms. The predicted molar refractivity (Wildman–Crippen MR) is 58.5 cm³/mol. The van der Waals surface area contributed by atoms with Crippen LogP contribution < -0.4 is 10.5 Å². The minimum Gasteiger partial charge on any atom is -0.496 e. The van der Waals surface area contributed by atoms with Crippen LogP contribution in [0, 0.1) is 0 Å². The molecule has 6 heteroatoms. The van der Waals surface area contributed by atoms with E-state index in [0.717, 1.165) is 0 Å². The van der Waals surface area contributed by atoms with Crippen molar-refractivity contribution in [1.29, 1.82) is 0 Å². The molecule has 0 saturated heterocycles. The fourth-order valence-corrected chi connectivity index (χ4v) is 1.35. The summed E-state index contributed by atoms with van der Waals surface area (Å²) in [4.78, 5) is 21.4. The standard InChI is InChI=1S/C11H13NO5/c1-17-8-4-6(2-3-7(8)5-13)9(14)10(15)11(12)16/h2-5,9-10,14-15H,1H3,(H2,12,16). The molecule has 0 bridgehead atoms. The van der Waals surface area contributed by atoms with E-state index in [1.807, 2.05) is 0 Å². The molecule has 6 nitrogen and oxygen atoms in total. The number of carbonyl (C=O) groups is 2. The number of ether oxygens (including phenoxy) is 1. The fraction of sp³-hybridized carbons (Fsp3) is 0.273. The summed E-state index contributed by atoms with van der Waals surface area (Å²) in [6.45, 7) is 0. The Labute approximate surface area is 97.6 Å². The minimum absolute atomic E-state index is 0.235. The number of hydrogen-bond donors (Lipinski definition) is 3. The van der Waals surface area contributed by atoms with E-state index < -0.39 is 18.1 Å². The van der Waals surface area contributed by atoms with Crippen molar-refractivity contribution < 1.29 is 24.5 Å². The molecule has 4 N–H and O–H groups in total. The zero-order valence-electron chi connectivity index (χ0n) is 9.16. The average molecular weight is 239 g/mol. The SMILES string of the molecule is COc1cc(C(O)C(O)C(N)=O)ccc1C=O. The Morgan fingerprint density at radius 3 is 2.59 bits per heavy atom. The van der Waals surface area contributed by atoms with Gasteiger partial charge in [0.05, 0.1) is 12.7 Å². The van der Waals surface area contributed by atoms with Gasteiger partial charge in [0.15, 0.2) is 12.4 Å². The van der Waals surface area contributed by atoms with Crippen LogP contribution in [0.2, 0.25) is 0 Å². The Hall–Kier alpha value is -1.92. The Morgan fingerprint density at radius 2 is 2.12 bits per heavy atom. The number of benzene rings is 1. The molecule has 0 spiro atoms. The van der Waals surface area contributed by atoms with Gasteiger partial charge in [0.25, 0.3) is 0 Å². The molecule has 0 aliphatic heterocycles. The van der Waals surface area contributed by atoms with Crippen molar-refractivity contribution in [1.82, 2.24) is 0 Å². The first-order valence-electron chi connectivity index (χ1n) is 4.79. The summed E-state index contributed by atoms with van der Waals surface area (Å²) in [5.41, 5.74) is 5.40. The molecule has 2 atom stereocenters. The summed E-state index contributed by atoms with van der Waals surface area (Å²) in [6, 6.07) is 4.18. The van der Waals surface area contributed by atoms with Crippen molar-refractivity contribution in [2.45, 2.75) is 12.2 Å². The van der Waals surface area contributed by atoms with E-state index in [1.165, 1.54) is 25.3 Å². The molecule has 0 aliphatic rings. The smallest absolute Gasteiger partial charge is 0.249 e. The largest absolute Gasteiger partial charge is 0.496 e. The van der Waals surface area contributed by atoms with E-state index in [9.17, 15) is 19.8 Å². The van der Waals surface area contributed by atoms with Crippen molar-refractivity contribution >= 4 is 12.2 Å². The zero-order chi connectivity index (χ0) is 13.0. The number of hydrogen-bond acceptors (Lipinski definition) is 5. The Morgan fingerprint density at radius 1 is 1.47 bits per heavy atom.